The molecule has 0 spiro atoms. The van der Waals surface area contributed by atoms with Crippen molar-refractivity contribution in [3.05, 3.63) is 64.2 Å². The number of aryl methyl sites for hydroxylation is 2. The van der Waals surface area contributed by atoms with Crippen molar-refractivity contribution in [1.82, 2.24) is 5.32 Å². The third kappa shape index (κ3) is 4.55. The quantitative estimate of drug-likeness (QED) is 0.820. The summed E-state index contributed by atoms with van der Waals surface area (Å²) in [6.07, 6.45) is 0. The first-order valence-corrected chi connectivity index (χ1v) is 7.19. The van der Waals surface area contributed by atoms with Crippen LogP contribution in [0.3, 0.4) is 0 Å². The van der Waals surface area contributed by atoms with Gasteiger partial charge in [0.15, 0.2) is 5.11 Å². The van der Waals surface area contributed by atoms with E-state index in [1.807, 2.05) is 38.1 Å². The molecule has 5 heteroatoms. The molecule has 3 nitrogen and oxygen atoms in total. The minimum atomic E-state index is -0.235. The standard InChI is InChI=1S/C16H15ClN2OS/c1-10-6-11(2)8-12(7-10)15(20)19-16(21)18-14-5-3-4-13(17)9-14/h3-9H,1-2H3,(H2,18,19,20,21). The van der Waals surface area contributed by atoms with Gasteiger partial charge >= 0.3 is 0 Å². The number of benzene rings is 2. The first-order chi connectivity index (χ1) is 9.94. The Morgan fingerprint density at radius 1 is 1.10 bits per heavy atom. The number of nitrogens with one attached hydrogen (secondary N) is 2. The van der Waals surface area contributed by atoms with Gasteiger partial charge in [-0.15, -0.1) is 0 Å². The molecule has 0 fully saturated rings. The Hall–Kier alpha value is -1.91. The number of rotatable bonds is 2. The highest BCUT2D eigenvalue weighted by Gasteiger charge is 2.09. The van der Waals surface area contributed by atoms with E-state index in [0.29, 0.717) is 10.6 Å². The lowest BCUT2D eigenvalue weighted by Crippen LogP contribution is -2.34. The first kappa shape index (κ1) is 15.5. The number of halogens is 1. The normalized spacial score (nSPS) is 10.0. The van der Waals surface area contributed by atoms with Crippen LogP contribution >= 0.6 is 23.8 Å². The molecule has 0 unspecified atom stereocenters. The molecule has 0 aliphatic heterocycles. The van der Waals surface area contributed by atoms with Crippen LogP contribution in [0, 0.1) is 13.8 Å². The first-order valence-electron chi connectivity index (χ1n) is 6.40. The van der Waals surface area contributed by atoms with E-state index in [4.69, 9.17) is 23.8 Å². The van der Waals surface area contributed by atoms with Gasteiger partial charge < -0.3 is 5.32 Å². The highest BCUT2D eigenvalue weighted by molar-refractivity contribution is 7.80. The molecule has 0 aromatic heterocycles. The number of anilines is 1. The van der Waals surface area contributed by atoms with Crippen molar-refractivity contribution in [2.75, 3.05) is 5.32 Å². The zero-order valence-electron chi connectivity index (χ0n) is 11.7. The van der Waals surface area contributed by atoms with Crippen molar-refractivity contribution in [3.63, 3.8) is 0 Å². The molecule has 0 saturated heterocycles. The highest BCUT2D eigenvalue weighted by atomic mass is 35.5. The van der Waals surface area contributed by atoms with Crippen molar-refractivity contribution in [2.45, 2.75) is 13.8 Å². The minimum absolute atomic E-state index is 0.235. The van der Waals surface area contributed by atoms with Gasteiger partial charge in [0.25, 0.3) is 5.91 Å². The summed E-state index contributed by atoms with van der Waals surface area (Å²) in [6, 6.07) is 12.8. The number of carbonyl (C=O) groups excluding carboxylic acids is 1. The van der Waals surface area contributed by atoms with E-state index < -0.39 is 0 Å². The van der Waals surface area contributed by atoms with Crippen LogP contribution in [-0.2, 0) is 0 Å². The lowest BCUT2D eigenvalue weighted by molar-refractivity contribution is 0.0977. The van der Waals surface area contributed by atoms with Crippen LogP contribution in [-0.4, -0.2) is 11.0 Å². The van der Waals surface area contributed by atoms with Gasteiger partial charge in [-0.1, -0.05) is 34.9 Å². The summed E-state index contributed by atoms with van der Waals surface area (Å²) < 4.78 is 0. The molecule has 2 N–H and O–H groups in total. The molecule has 0 heterocycles. The molecule has 0 aliphatic rings. The summed E-state index contributed by atoms with van der Waals surface area (Å²) in [5, 5.41) is 6.42. The number of thiocarbonyl (C=S) groups is 1. The zero-order valence-corrected chi connectivity index (χ0v) is 13.3. The lowest BCUT2D eigenvalue weighted by Gasteiger charge is -2.10. The molecule has 108 valence electrons. The van der Waals surface area contributed by atoms with Crippen LogP contribution in [0.2, 0.25) is 5.02 Å². The van der Waals surface area contributed by atoms with Gasteiger partial charge in [-0.3, -0.25) is 10.1 Å². The monoisotopic (exact) mass is 318 g/mol. The molecular formula is C16H15ClN2OS. The molecular weight excluding hydrogens is 304 g/mol. The van der Waals surface area contributed by atoms with E-state index in [2.05, 4.69) is 10.6 Å². The van der Waals surface area contributed by atoms with Crippen LogP contribution in [0.4, 0.5) is 5.69 Å². The average molecular weight is 319 g/mol. The van der Waals surface area contributed by atoms with Crippen LogP contribution in [0.25, 0.3) is 0 Å². The third-order valence-electron chi connectivity index (χ3n) is 2.79. The van der Waals surface area contributed by atoms with Gasteiger partial charge in [-0.05, 0) is 56.4 Å². The molecule has 2 rings (SSSR count). The number of hydrogen-bond donors (Lipinski definition) is 2. The average Bonchev–Trinajstić information content (AvgIpc) is 2.37. The second-order valence-corrected chi connectivity index (χ2v) is 5.64. The van der Waals surface area contributed by atoms with Crippen molar-refractivity contribution in [1.29, 1.82) is 0 Å². The molecule has 1 amide bonds. The fourth-order valence-electron chi connectivity index (χ4n) is 2.01. The molecule has 2 aromatic carbocycles. The SMILES string of the molecule is Cc1cc(C)cc(C(=O)NC(=S)Nc2cccc(Cl)c2)c1. The van der Waals surface area contributed by atoms with Gasteiger partial charge in [0, 0.05) is 16.3 Å². The third-order valence-corrected chi connectivity index (χ3v) is 3.23. The van der Waals surface area contributed by atoms with E-state index in [9.17, 15) is 4.79 Å². The molecule has 0 saturated carbocycles. The van der Waals surface area contributed by atoms with Gasteiger partial charge in [0.05, 0.1) is 0 Å². The maximum Gasteiger partial charge on any atom is 0.257 e. The Morgan fingerprint density at radius 2 is 1.76 bits per heavy atom. The second kappa shape index (κ2) is 6.70. The van der Waals surface area contributed by atoms with E-state index in [1.165, 1.54) is 0 Å². The summed E-state index contributed by atoms with van der Waals surface area (Å²) in [4.78, 5) is 12.2. The van der Waals surface area contributed by atoms with E-state index >= 15 is 0 Å². The maximum atomic E-state index is 12.2. The van der Waals surface area contributed by atoms with E-state index in [0.717, 1.165) is 16.8 Å². The molecule has 2 aromatic rings. The summed E-state index contributed by atoms with van der Waals surface area (Å²) in [5.41, 5.74) is 3.39. The molecule has 0 radical (unpaired) electrons. The van der Waals surface area contributed by atoms with Crippen molar-refractivity contribution < 1.29 is 4.79 Å². The van der Waals surface area contributed by atoms with E-state index in [1.54, 1.807) is 18.2 Å². The smallest absolute Gasteiger partial charge is 0.257 e. The van der Waals surface area contributed by atoms with Crippen LogP contribution in [0.15, 0.2) is 42.5 Å². The van der Waals surface area contributed by atoms with Gasteiger partial charge in [-0.25, -0.2) is 0 Å². The Bertz CT molecular complexity index is 680. The van der Waals surface area contributed by atoms with Gasteiger partial charge in [0.1, 0.15) is 0 Å². The lowest BCUT2D eigenvalue weighted by atomic mass is 10.1. The Morgan fingerprint density at radius 3 is 2.38 bits per heavy atom. The van der Waals surface area contributed by atoms with Gasteiger partial charge in [-0.2, -0.15) is 0 Å². The highest BCUT2D eigenvalue weighted by Crippen LogP contribution is 2.15. The van der Waals surface area contributed by atoms with E-state index in [-0.39, 0.29) is 11.0 Å². The summed E-state index contributed by atoms with van der Waals surface area (Å²) in [7, 11) is 0. The largest absolute Gasteiger partial charge is 0.332 e. The summed E-state index contributed by atoms with van der Waals surface area (Å²) in [6.45, 7) is 3.90. The second-order valence-electron chi connectivity index (χ2n) is 4.79. The van der Waals surface area contributed by atoms with Crippen LogP contribution < -0.4 is 10.6 Å². The maximum absolute atomic E-state index is 12.2. The minimum Gasteiger partial charge on any atom is -0.332 e. The number of carbonyl (C=O) groups is 1. The summed E-state index contributed by atoms with van der Waals surface area (Å²) in [5.74, 6) is -0.235. The Balaban J connectivity index is 2.03. The predicted molar refractivity (Wildman–Crippen MR) is 91.1 cm³/mol. The van der Waals surface area contributed by atoms with Crippen molar-refractivity contribution in [3.8, 4) is 0 Å². The number of hydrogen-bond acceptors (Lipinski definition) is 2. The Labute approximate surface area is 134 Å². The zero-order chi connectivity index (χ0) is 15.4. The van der Waals surface area contributed by atoms with Crippen LogP contribution in [0.5, 0.6) is 0 Å². The molecule has 0 bridgehead atoms. The van der Waals surface area contributed by atoms with Crippen molar-refractivity contribution in [2.24, 2.45) is 0 Å². The molecule has 0 atom stereocenters. The fraction of sp³-hybridized carbons (Fsp3) is 0.125. The molecule has 21 heavy (non-hydrogen) atoms. The number of amides is 1. The van der Waals surface area contributed by atoms with Gasteiger partial charge in [0.2, 0.25) is 0 Å². The van der Waals surface area contributed by atoms with Crippen molar-refractivity contribution >= 4 is 40.5 Å². The topological polar surface area (TPSA) is 41.1 Å². The fourth-order valence-corrected chi connectivity index (χ4v) is 2.41. The Kier molecular flexibility index (Phi) is 4.94. The predicted octanol–water partition coefficient (Wildman–Crippen LogP) is 4.08. The summed E-state index contributed by atoms with van der Waals surface area (Å²) >= 11 is 11.0. The van der Waals surface area contributed by atoms with Crippen LogP contribution in [0.1, 0.15) is 21.5 Å². The molecule has 0 aliphatic carbocycles.